The highest BCUT2D eigenvalue weighted by molar-refractivity contribution is 5.56. The summed E-state index contributed by atoms with van der Waals surface area (Å²) in [4.78, 5) is 17.8. The molecule has 0 saturated heterocycles. The quantitative estimate of drug-likeness (QED) is 0.485. The van der Waals surface area contributed by atoms with E-state index in [1.807, 2.05) is 38.1 Å². The molecule has 1 aromatic carbocycles. The van der Waals surface area contributed by atoms with Crippen molar-refractivity contribution in [3.8, 4) is 23.1 Å². The van der Waals surface area contributed by atoms with Crippen LogP contribution in [0.3, 0.4) is 0 Å². The molecule has 0 amide bonds. The molecule has 3 aromatic heterocycles. The molecule has 0 spiro atoms. The van der Waals surface area contributed by atoms with Crippen molar-refractivity contribution in [1.82, 2.24) is 19.9 Å². The van der Waals surface area contributed by atoms with Gasteiger partial charge in [-0.05, 0) is 43.7 Å². The van der Waals surface area contributed by atoms with Gasteiger partial charge in [0.25, 0.3) is 0 Å². The normalized spacial score (nSPS) is 10.6. The Hall–Kier alpha value is -3.87. The predicted molar refractivity (Wildman–Crippen MR) is 113 cm³/mol. The minimum Gasteiger partial charge on any atom is -0.439 e. The maximum Gasteiger partial charge on any atom is 0.219 e. The van der Waals surface area contributed by atoms with E-state index in [2.05, 4.69) is 25.3 Å². The Balaban J connectivity index is 1.46. The van der Waals surface area contributed by atoms with Gasteiger partial charge in [0, 0.05) is 42.3 Å². The number of aromatic nitrogens is 4. The van der Waals surface area contributed by atoms with Gasteiger partial charge < -0.3 is 10.1 Å². The van der Waals surface area contributed by atoms with Crippen molar-refractivity contribution in [3.63, 3.8) is 0 Å². The first kappa shape index (κ1) is 19.4. The molecule has 0 aliphatic rings. The van der Waals surface area contributed by atoms with Crippen LogP contribution in [0.5, 0.6) is 11.6 Å². The van der Waals surface area contributed by atoms with Crippen LogP contribution in [0.15, 0.2) is 67.0 Å². The lowest BCUT2D eigenvalue weighted by Gasteiger charge is -2.12. The summed E-state index contributed by atoms with van der Waals surface area (Å²) < 4.78 is 18.8. The molecule has 7 heteroatoms. The Labute approximate surface area is 173 Å². The van der Waals surface area contributed by atoms with Gasteiger partial charge >= 0.3 is 0 Å². The van der Waals surface area contributed by atoms with Crippen LogP contribution in [0, 0.1) is 19.7 Å². The molecule has 4 aromatic rings. The Morgan fingerprint density at radius 3 is 2.60 bits per heavy atom. The van der Waals surface area contributed by atoms with E-state index in [1.165, 1.54) is 12.1 Å². The summed E-state index contributed by atoms with van der Waals surface area (Å²) >= 11 is 0. The van der Waals surface area contributed by atoms with Gasteiger partial charge in [0.2, 0.25) is 5.88 Å². The summed E-state index contributed by atoms with van der Waals surface area (Å²) in [5.41, 5.74) is 3.56. The standard InChI is InChI=1S/C23H20FN5O/c1-15-16(2)28-23(20-8-3-4-11-25-20)29-22(15)27-14-17-9-10-21(26-13-17)30-19-7-5-6-18(24)12-19/h3-13H,14H2,1-2H3,(H,27,28,29). The van der Waals surface area contributed by atoms with Crippen LogP contribution < -0.4 is 10.1 Å². The third-order valence-electron chi connectivity index (χ3n) is 4.56. The average molecular weight is 401 g/mol. The van der Waals surface area contributed by atoms with Crippen molar-refractivity contribution in [3.05, 3.63) is 89.6 Å². The molecule has 0 radical (unpaired) electrons. The van der Waals surface area contributed by atoms with Crippen molar-refractivity contribution in [2.24, 2.45) is 0 Å². The Morgan fingerprint density at radius 1 is 0.967 bits per heavy atom. The van der Waals surface area contributed by atoms with Crippen LogP contribution in [0.2, 0.25) is 0 Å². The molecule has 4 rings (SSSR count). The summed E-state index contributed by atoms with van der Waals surface area (Å²) in [6, 6.07) is 15.3. The molecule has 0 bridgehead atoms. The zero-order chi connectivity index (χ0) is 20.9. The summed E-state index contributed by atoms with van der Waals surface area (Å²) in [5.74, 6) is 1.79. The zero-order valence-electron chi connectivity index (χ0n) is 16.6. The van der Waals surface area contributed by atoms with Crippen molar-refractivity contribution >= 4 is 5.82 Å². The second-order valence-corrected chi connectivity index (χ2v) is 6.74. The molecule has 30 heavy (non-hydrogen) atoms. The number of hydrogen-bond donors (Lipinski definition) is 1. The number of benzene rings is 1. The summed E-state index contributed by atoms with van der Waals surface area (Å²) in [7, 11) is 0. The first-order valence-electron chi connectivity index (χ1n) is 9.47. The van der Waals surface area contributed by atoms with Crippen molar-refractivity contribution < 1.29 is 9.13 Å². The van der Waals surface area contributed by atoms with Gasteiger partial charge in [0.05, 0.1) is 0 Å². The molecule has 150 valence electrons. The monoisotopic (exact) mass is 401 g/mol. The summed E-state index contributed by atoms with van der Waals surface area (Å²) in [6.07, 6.45) is 3.44. The van der Waals surface area contributed by atoms with Gasteiger partial charge in [-0.25, -0.2) is 19.3 Å². The fraction of sp³-hybridized carbons (Fsp3) is 0.130. The van der Waals surface area contributed by atoms with Crippen LogP contribution in [-0.2, 0) is 6.54 Å². The van der Waals surface area contributed by atoms with Gasteiger partial charge in [0.1, 0.15) is 23.1 Å². The van der Waals surface area contributed by atoms with E-state index in [4.69, 9.17) is 4.74 Å². The number of pyridine rings is 2. The third-order valence-corrected chi connectivity index (χ3v) is 4.56. The summed E-state index contributed by atoms with van der Waals surface area (Å²) in [5, 5.41) is 3.35. The molecule has 6 nitrogen and oxygen atoms in total. The predicted octanol–water partition coefficient (Wildman–Crippen LogP) is 5.09. The molecule has 0 atom stereocenters. The second-order valence-electron chi connectivity index (χ2n) is 6.74. The number of nitrogens with zero attached hydrogens (tertiary/aromatic N) is 4. The van der Waals surface area contributed by atoms with E-state index in [9.17, 15) is 4.39 Å². The van der Waals surface area contributed by atoms with Gasteiger partial charge in [-0.15, -0.1) is 0 Å². The fourth-order valence-electron chi connectivity index (χ4n) is 2.82. The zero-order valence-corrected chi connectivity index (χ0v) is 16.6. The summed E-state index contributed by atoms with van der Waals surface area (Å²) in [6.45, 7) is 4.47. The van der Waals surface area contributed by atoms with Crippen LogP contribution in [-0.4, -0.2) is 19.9 Å². The van der Waals surface area contributed by atoms with Crippen molar-refractivity contribution in [2.75, 3.05) is 5.32 Å². The van der Waals surface area contributed by atoms with E-state index < -0.39 is 0 Å². The SMILES string of the molecule is Cc1nc(-c2ccccn2)nc(NCc2ccc(Oc3cccc(F)c3)nc2)c1C. The lowest BCUT2D eigenvalue weighted by atomic mass is 10.2. The van der Waals surface area contributed by atoms with E-state index in [-0.39, 0.29) is 5.82 Å². The molecule has 0 saturated carbocycles. The highest BCUT2D eigenvalue weighted by Gasteiger charge is 2.10. The first-order chi connectivity index (χ1) is 14.6. The van der Waals surface area contributed by atoms with Crippen LogP contribution >= 0.6 is 0 Å². The van der Waals surface area contributed by atoms with Gasteiger partial charge in [-0.1, -0.05) is 18.2 Å². The van der Waals surface area contributed by atoms with E-state index in [0.717, 1.165) is 28.3 Å². The number of rotatable bonds is 6. The van der Waals surface area contributed by atoms with Crippen molar-refractivity contribution in [1.29, 1.82) is 0 Å². The lowest BCUT2D eigenvalue weighted by molar-refractivity contribution is 0.458. The molecule has 1 N–H and O–H groups in total. The number of halogens is 1. The highest BCUT2D eigenvalue weighted by atomic mass is 19.1. The Morgan fingerprint density at radius 2 is 1.87 bits per heavy atom. The highest BCUT2D eigenvalue weighted by Crippen LogP contribution is 2.22. The van der Waals surface area contributed by atoms with Gasteiger partial charge in [0.15, 0.2) is 5.82 Å². The smallest absolute Gasteiger partial charge is 0.219 e. The molecule has 0 aliphatic heterocycles. The number of anilines is 1. The number of aryl methyl sites for hydroxylation is 1. The Kier molecular flexibility index (Phi) is 5.61. The van der Waals surface area contributed by atoms with Crippen LogP contribution in [0.1, 0.15) is 16.8 Å². The maximum absolute atomic E-state index is 13.3. The molecular weight excluding hydrogens is 381 g/mol. The van der Waals surface area contributed by atoms with Gasteiger partial charge in [-0.3, -0.25) is 4.98 Å². The van der Waals surface area contributed by atoms with Crippen LogP contribution in [0.25, 0.3) is 11.5 Å². The topological polar surface area (TPSA) is 72.8 Å². The lowest BCUT2D eigenvalue weighted by Crippen LogP contribution is -2.07. The molecule has 0 aliphatic carbocycles. The third kappa shape index (κ3) is 4.57. The minimum absolute atomic E-state index is 0.353. The Bertz CT molecular complexity index is 1150. The van der Waals surface area contributed by atoms with E-state index in [1.54, 1.807) is 30.6 Å². The molecular formula is C23H20FN5O. The minimum atomic E-state index is -0.353. The fourth-order valence-corrected chi connectivity index (χ4v) is 2.82. The second kappa shape index (κ2) is 8.65. The number of nitrogens with one attached hydrogen (secondary N) is 1. The van der Waals surface area contributed by atoms with Crippen LogP contribution in [0.4, 0.5) is 10.2 Å². The van der Waals surface area contributed by atoms with Gasteiger partial charge in [-0.2, -0.15) is 0 Å². The van der Waals surface area contributed by atoms with E-state index in [0.29, 0.717) is 24.0 Å². The number of ether oxygens (including phenoxy) is 1. The molecule has 0 fully saturated rings. The van der Waals surface area contributed by atoms with Crippen molar-refractivity contribution in [2.45, 2.75) is 20.4 Å². The van der Waals surface area contributed by atoms with E-state index >= 15 is 0 Å². The number of hydrogen-bond acceptors (Lipinski definition) is 6. The molecule has 0 unspecified atom stereocenters. The average Bonchev–Trinajstić information content (AvgIpc) is 2.76. The first-order valence-corrected chi connectivity index (χ1v) is 9.47. The maximum atomic E-state index is 13.3. The largest absolute Gasteiger partial charge is 0.439 e. The molecule has 3 heterocycles.